The summed E-state index contributed by atoms with van der Waals surface area (Å²) in [6.45, 7) is 1.74. The van der Waals surface area contributed by atoms with Gasteiger partial charge >= 0.3 is 5.97 Å². The minimum atomic E-state index is -3.86. The van der Waals surface area contributed by atoms with Gasteiger partial charge in [0.2, 0.25) is 10.0 Å². The summed E-state index contributed by atoms with van der Waals surface area (Å²) in [6.07, 6.45) is 0.922. The highest BCUT2D eigenvalue weighted by molar-refractivity contribution is 7.89. The van der Waals surface area contributed by atoms with Crippen LogP contribution >= 0.6 is 0 Å². The molecular formula is C14H16N2O4S. The Labute approximate surface area is 123 Å². The molecule has 6 nitrogen and oxygen atoms in total. The Kier molecular flexibility index (Phi) is 4.03. The lowest BCUT2D eigenvalue weighted by atomic mass is 9.83. The van der Waals surface area contributed by atoms with Gasteiger partial charge in [-0.25, -0.2) is 8.42 Å². The van der Waals surface area contributed by atoms with Crippen molar-refractivity contribution in [3.05, 3.63) is 29.8 Å². The zero-order valence-electron chi connectivity index (χ0n) is 11.6. The Balaban J connectivity index is 2.41. The Morgan fingerprint density at radius 3 is 2.71 bits per heavy atom. The van der Waals surface area contributed by atoms with Gasteiger partial charge in [-0.05, 0) is 31.9 Å². The van der Waals surface area contributed by atoms with Crippen molar-refractivity contribution < 1.29 is 18.3 Å². The summed E-state index contributed by atoms with van der Waals surface area (Å²) >= 11 is 0. The summed E-state index contributed by atoms with van der Waals surface area (Å²) in [5, 5.41) is 18.3. The molecule has 21 heavy (non-hydrogen) atoms. The van der Waals surface area contributed by atoms with E-state index in [4.69, 9.17) is 5.26 Å². The predicted octanol–water partition coefficient (Wildman–Crippen LogP) is 1.43. The molecule has 1 fully saturated rings. The fraction of sp³-hybridized carbons (Fsp3) is 0.429. The third-order valence-electron chi connectivity index (χ3n) is 3.80. The van der Waals surface area contributed by atoms with Crippen LogP contribution < -0.4 is 0 Å². The average molecular weight is 308 g/mol. The highest BCUT2D eigenvalue weighted by atomic mass is 32.2. The van der Waals surface area contributed by atoms with Crippen molar-refractivity contribution in [1.29, 1.82) is 5.26 Å². The SMILES string of the molecule is CC1(C(=O)O)CCCN(S(=O)(=O)c2ccccc2C#N)C1. The number of sulfonamides is 1. The van der Waals surface area contributed by atoms with Crippen LogP contribution in [0.4, 0.5) is 0 Å². The molecule has 1 heterocycles. The normalized spacial score (nSPS) is 23.4. The maximum Gasteiger partial charge on any atom is 0.310 e. The summed E-state index contributed by atoms with van der Waals surface area (Å²) in [5.74, 6) is -1.00. The third kappa shape index (κ3) is 2.77. The molecule has 0 saturated carbocycles. The highest BCUT2D eigenvalue weighted by Gasteiger charge is 2.42. The number of rotatable bonds is 3. The first-order valence-corrected chi connectivity index (χ1v) is 7.98. The van der Waals surface area contributed by atoms with E-state index in [1.165, 1.54) is 16.4 Å². The summed E-state index contributed by atoms with van der Waals surface area (Å²) < 4.78 is 26.5. The maximum atomic E-state index is 12.7. The lowest BCUT2D eigenvalue weighted by molar-refractivity contribution is -0.150. The van der Waals surface area contributed by atoms with Gasteiger partial charge in [0.25, 0.3) is 0 Å². The van der Waals surface area contributed by atoms with Gasteiger partial charge in [-0.3, -0.25) is 4.79 Å². The number of aliphatic carboxylic acids is 1. The number of nitriles is 1. The van der Waals surface area contributed by atoms with Gasteiger partial charge in [0.05, 0.1) is 15.9 Å². The van der Waals surface area contributed by atoms with Crippen molar-refractivity contribution >= 4 is 16.0 Å². The molecule has 1 aliphatic heterocycles. The number of benzene rings is 1. The standard InChI is InChI=1S/C14H16N2O4S/c1-14(13(17)18)7-4-8-16(10-14)21(19,20)12-6-3-2-5-11(12)9-15/h2-3,5-6H,4,7-8,10H2,1H3,(H,17,18). The number of nitrogens with zero attached hydrogens (tertiary/aromatic N) is 2. The average Bonchev–Trinajstić information content (AvgIpc) is 2.47. The van der Waals surface area contributed by atoms with Gasteiger partial charge in [-0.2, -0.15) is 9.57 Å². The lowest BCUT2D eigenvalue weighted by Crippen LogP contribution is -2.48. The van der Waals surface area contributed by atoms with Crippen LogP contribution in [0.15, 0.2) is 29.2 Å². The Morgan fingerprint density at radius 1 is 1.43 bits per heavy atom. The van der Waals surface area contributed by atoms with E-state index < -0.39 is 21.4 Å². The van der Waals surface area contributed by atoms with E-state index >= 15 is 0 Å². The molecule has 7 heteroatoms. The molecule has 1 N–H and O–H groups in total. The maximum absolute atomic E-state index is 12.7. The van der Waals surface area contributed by atoms with Crippen LogP contribution in [-0.2, 0) is 14.8 Å². The largest absolute Gasteiger partial charge is 0.481 e. The van der Waals surface area contributed by atoms with E-state index in [1.807, 2.05) is 6.07 Å². The Hall–Kier alpha value is -1.91. The Morgan fingerprint density at radius 2 is 2.10 bits per heavy atom. The first-order valence-electron chi connectivity index (χ1n) is 6.54. The third-order valence-corrected chi connectivity index (χ3v) is 5.71. The van der Waals surface area contributed by atoms with E-state index in [1.54, 1.807) is 19.1 Å². The summed E-state index contributed by atoms with van der Waals surface area (Å²) in [5.41, 5.74) is -1.02. The molecule has 0 amide bonds. The molecule has 112 valence electrons. The van der Waals surface area contributed by atoms with Crippen LogP contribution in [0.1, 0.15) is 25.3 Å². The van der Waals surface area contributed by atoms with Crippen molar-refractivity contribution in [1.82, 2.24) is 4.31 Å². The smallest absolute Gasteiger partial charge is 0.310 e. The molecule has 0 bridgehead atoms. The van der Waals surface area contributed by atoms with Gasteiger partial charge in [-0.1, -0.05) is 12.1 Å². The van der Waals surface area contributed by atoms with Gasteiger partial charge in [0, 0.05) is 13.1 Å². The number of carboxylic acid groups (broad SMARTS) is 1. The molecule has 0 spiro atoms. The molecule has 1 unspecified atom stereocenters. The molecule has 1 atom stereocenters. The van der Waals surface area contributed by atoms with E-state index in [0.29, 0.717) is 12.8 Å². The van der Waals surface area contributed by atoms with Crippen LogP contribution in [0, 0.1) is 16.7 Å². The number of hydrogen-bond donors (Lipinski definition) is 1. The summed E-state index contributed by atoms with van der Waals surface area (Å²) in [6, 6.07) is 7.82. The van der Waals surface area contributed by atoms with Gasteiger partial charge < -0.3 is 5.11 Å². The van der Waals surface area contributed by atoms with E-state index in [2.05, 4.69) is 0 Å². The van der Waals surface area contributed by atoms with Crippen molar-refractivity contribution in [2.75, 3.05) is 13.1 Å². The molecule has 1 aromatic carbocycles. The molecular weight excluding hydrogens is 292 g/mol. The van der Waals surface area contributed by atoms with Crippen LogP contribution in [0.25, 0.3) is 0 Å². The zero-order valence-corrected chi connectivity index (χ0v) is 12.4. The molecule has 0 radical (unpaired) electrons. The minimum absolute atomic E-state index is 0.0675. The molecule has 1 aliphatic rings. The van der Waals surface area contributed by atoms with Crippen LogP contribution in [0.3, 0.4) is 0 Å². The number of carbonyl (C=O) groups is 1. The Bertz CT molecular complexity index is 708. The molecule has 2 rings (SSSR count). The zero-order chi connectivity index (χ0) is 15.7. The number of carboxylic acids is 1. The second-order valence-electron chi connectivity index (χ2n) is 5.42. The van der Waals surface area contributed by atoms with Crippen LogP contribution in [0.5, 0.6) is 0 Å². The van der Waals surface area contributed by atoms with Crippen molar-refractivity contribution in [3.8, 4) is 6.07 Å². The second-order valence-corrected chi connectivity index (χ2v) is 7.32. The summed E-state index contributed by atoms with van der Waals surface area (Å²) in [4.78, 5) is 11.3. The fourth-order valence-electron chi connectivity index (χ4n) is 2.50. The van der Waals surface area contributed by atoms with E-state index in [9.17, 15) is 18.3 Å². The molecule has 0 aromatic heterocycles. The molecule has 0 aliphatic carbocycles. The van der Waals surface area contributed by atoms with Crippen molar-refractivity contribution in [3.63, 3.8) is 0 Å². The van der Waals surface area contributed by atoms with Crippen LogP contribution in [0.2, 0.25) is 0 Å². The van der Waals surface area contributed by atoms with E-state index in [0.717, 1.165) is 0 Å². The predicted molar refractivity (Wildman–Crippen MR) is 74.9 cm³/mol. The first kappa shape index (κ1) is 15.5. The van der Waals surface area contributed by atoms with Crippen molar-refractivity contribution in [2.45, 2.75) is 24.7 Å². The number of hydrogen-bond acceptors (Lipinski definition) is 4. The monoisotopic (exact) mass is 308 g/mol. The highest BCUT2D eigenvalue weighted by Crippen LogP contribution is 2.33. The van der Waals surface area contributed by atoms with Gasteiger partial charge in [-0.15, -0.1) is 0 Å². The van der Waals surface area contributed by atoms with Gasteiger partial charge in [0.1, 0.15) is 6.07 Å². The van der Waals surface area contributed by atoms with Crippen LogP contribution in [-0.4, -0.2) is 36.9 Å². The lowest BCUT2D eigenvalue weighted by Gasteiger charge is -2.36. The topological polar surface area (TPSA) is 98.5 Å². The molecule has 1 aromatic rings. The molecule has 1 saturated heterocycles. The fourth-order valence-corrected chi connectivity index (χ4v) is 4.24. The quantitative estimate of drug-likeness (QED) is 0.911. The van der Waals surface area contributed by atoms with E-state index in [-0.39, 0.29) is 23.5 Å². The summed E-state index contributed by atoms with van der Waals surface area (Å²) in [7, 11) is -3.86. The van der Waals surface area contributed by atoms with Crippen molar-refractivity contribution in [2.24, 2.45) is 5.41 Å². The number of piperidine rings is 1. The van der Waals surface area contributed by atoms with Gasteiger partial charge in [0.15, 0.2) is 0 Å². The second kappa shape index (κ2) is 5.47. The first-order chi connectivity index (χ1) is 9.81. The minimum Gasteiger partial charge on any atom is -0.481 e.